The van der Waals surface area contributed by atoms with E-state index in [2.05, 4.69) is 20.5 Å². The summed E-state index contributed by atoms with van der Waals surface area (Å²) in [6.07, 6.45) is 0. The van der Waals surface area contributed by atoms with E-state index in [1.165, 1.54) is 6.07 Å². The number of hydrogen-bond donors (Lipinski definition) is 2. The van der Waals surface area contributed by atoms with Crippen LogP contribution in [0.4, 0.5) is 8.78 Å². The average Bonchev–Trinajstić information content (AvgIpc) is 2.98. The number of aromatic amines is 1. The number of H-pyrrole nitrogens is 1. The summed E-state index contributed by atoms with van der Waals surface area (Å²) in [5.74, 6) is 0.343. The molecule has 6 heteroatoms. The lowest BCUT2D eigenvalue weighted by Gasteiger charge is -2.16. The normalized spacial score (nSPS) is 12.3. The van der Waals surface area contributed by atoms with Gasteiger partial charge in [0.05, 0.1) is 6.04 Å². The Labute approximate surface area is 132 Å². The first-order valence-corrected chi connectivity index (χ1v) is 7.24. The monoisotopic (exact) mass is 314 g/mol. The van der Waals surface area contributed by atoms with Gasteiger partial charge in [-0.2, -0.15) is 5.10 Å². The Balaban J connectivity index is 1.86. The molecule has 0 spiro atoms. The lowest BCUT2D eigenvalue weighted by Crippen LogP contribution is -2.23. The van der Waals surface area contributed by atoms with E-state index in [1.54, 1.807) is 0 Å². The highest BCUT2D eigenvalue weighted by molar-refractivity contribution is 5.25. The molecule has 0 aliphatic carbocycles. The third kappa shape index (κ3) is 3.60. The molecule has 2 N–H and O–H groups in total. The van der Waals surface area contributed by atoms with E-state index in [4.69, 9.17) is 0 Å². The van der Waals surface area contributed by atoms with E-state index in [1.807, 2.05) is 37.3 Å². The Hall–Kier alpha value is -2.60. The van der Waals surface area contributed by atoms with Gasteiger partial charge in [0, 0.05) is 12.1 Å². The van der Waals surface area contributed by atoms with Crippen molar-refractivity contribution in [2.24, 2.45) is 0 Å². The summed E-state index contributed by atoms with van der Waals surface area (Å²) >= 11 is 0. The Morgan fingerprint density at radius 2 is 1.91 bits per heavy atom. The van der Waals surface area contributed by atoms with Gasteiger partial charge in [-0.1, -0.05) is 30.3 Å². The van der Waals surface area contributed by atoms with Gasteiger partial charge in [-0.05, 0) is 30.7 Å². The number of nitrogens with one attached hydrogen (secondary N) is 2. The van der Waals surface area contributed by atoms with Crippen LogP contribution in [-0.4, -0.2) is 15.2 Å². The number of rotatable bonds is 5. The van der Waals surface area contributed by atoms with Gasteiger partial charge in [0.15, 0.2) is 5.82 Å². The lowest BCUT2D eigenvalue weighted by atomic mass is 10.1. The summed E-state index contributed by atoms with van der Waals surface area (Å²) in [6.45, 7) is 1.97. The van der Waals surface area contributed by atoms with Crippen LogP contribution >= 0.6 is 0 Å². The third-order valence-corrected chi connectivity index (χ3v) is 3.51. The van der Waals surface area contributed by atoms with Crippen LogP contribution in [0.1, 0.15) is 28.8 Å². The van der Waals surface area contributed by atoms with E-state index in [9.17, 15) is 8.78 Å². The summed E-state index contributed by atoms with van der Waals surface area (Å²) < 4.78 is 27.1. The van der Waals surface area contributed by atoms with Crippen LogP contribution in [0.25, 0.3) is 0 Å². The standard InChI is InChI=1S/C17H16F2N4/c1-11-21-17(23-22-11)16(12-5-3-2-4-6-12)20-10-13-9-14(18)7-8-15(13)19/h2-9,16,20H,10H2,1H3,(H,21,22,23)/t16-/m0/s1. The maximum Gasteiger partial charge on any atom is 0.172 e. The molecule has 1 heterocycles. The molecule has 118 valence electrons. The van der Waals surface area contributed by atoms with Crippen LogP contribution in [0.2, 0.25) is 0 Å². The van der Waals surface area contributed by atoms with Crippen molar-refractivity contribution in [3.05, 3.63) is 82.9 Å². The van der Waals surface area contributed by atoms with Crippen molar-refractivity contribution in [3.8, 4) is 0 Å². The van der Waals surface area contributed by atoms with Crippen LogP contribution < -0.4 is 5.32 Å². The second kappa shape index (κ2) is 6.66. The number of nitrogens with zero attached hydrogens (tertiary/aromatic N) is 2. The predicted molar refractivity (Wildman–Crippen MR) is 82.6 cm³/mol. The minimum absolute atomic E-state index is 0.163. The van der Waals surface area contributed by atoms with Crippen molar-refractivity contribution in [1.29, 1.82) is 0 Å². The van der Waals surface area contributed by atoms with Gasteiger partial charge < -0.3 is 0 Å². The smallest absolute Gasteiger partial charge is 0.172 e. The second-order valence-corrected chi connectivity index (χ2v) is 5.24. The van der Waals surface area contributed by atoms with E-state index in [0.29, 0.717) is 11.6 Å². The van der Waals surface area contributed by atoms with E-state index in [0.717, 1.165) is 17.7 Å². The first-order valence-electron chi connectivity index (χ1n) is 7.24. The van der Waals surface area contributed by atoms with Gasteiger partial charge >= 0.3 is 0 Å². The van der Waals surface area contributed by atoms with Gasteiger partial charge in [0.2, 0.25) is 0 Å². The molecule has 0 saturated carbocycles. The molecule has 1 aromatic heterocycles. The van der Waals surface area contributed by atoms with E-state index >= 15 is 0 Å². The summed E-state index contributed by atoms with van der Waals surface area (Å²) in [6, 6.07) is 12.7. The summed E-state index contributed by atoms with van der Waals surface area (Å²) in [4.78, 5) is 4.34. The van der Waals surface area contributed by atoms with Gasteiger partial charge in [-0.25, -0.2) is 13.8 Å². The fourth-order valence-corrected chi connectivity index (χ4v) is 2.38. The number of hydrogen-bond acceptors (Lipinski definition) is 3. The Bertz CT molecular complexity index is 786. The van der Waals surface area contributed by atoms with Crippen molar-refractivity contribution in [1.82, 2.24) is 20.5 Å². The highest BCUT2D eigenvalue weighted by Crippen LogP contribution is 2.20. The molecule has 0 aliphatic heterocycles. The molecule has 1 atom stereocenters. The molecule has 2 aromatic carbocycles. The van der Waals surface area contributed by atoms with Crippen LogP contribution in [0.15, 0.2) is 48.5 Å². The molecular formula is C17H16F2N4. The molecule has 0 amide bonds. The largest absolute Gasteiger partial charge is 0.299 e. The predicted octanol–water partition coefficient (Wildman–Crippen LogP) is 3.27. The summed E-state index contributed by atoms with van der Waals surface area (Å²) in [5, 5.41) is 10.2. The lowest BCUT2D eigenvalue weighted by molar-refractivity contribution is 0.538. The zero-order valence-electron chi connectivity index (χ0n) is 12.6. The van der Waals surface area contributed by atoms with E-state index in [-0.39, 0.29) is 18.2 Å². The zero-order chi connectivity index (χ0) is 16.2. The first-order chi connectivity index (χ1) is 11.1. The maximum absolute atomic E-state index is 13.8. The van der Waals surface area contributed by atoms with Gasteiger partial charge in [-0.15, -0.1) is 0 Å². The van der Waals surface area contributed by atoms with Crippen LogP contribution in [0, 0.1) is 18.6 Å². The minimum Gasteiger partial charge on any atom is -0.299 e. The van der Waals surface area contributed by atoms with Crippen molar-refractivity contribution >= 4 is 0 Å². The Kier molecular flexibility index (Phi) is 4.43. The molecule has 0 unspecified atom stereocenters. The van der Waals surface area contributed by atoms with E-state index < -0.39 is 11.6 Å². The number of halogens is 2. The van der Waals surface area contributed by atoms with Crippen molar-refractivity contribution in [3.63, 3.8) is 0 Å². The molecule has 3 aromatic rings. The molecule has 3 rings (SSSR count). The first kappa shape index (κ1) is 15.3. The van der Waals surface area contributed by atoms with Gasteiger partial charge in [0.1, 0.15) is 17.5 Å². The Morgan fingerprint density at radius 1 is 1.13 bits per heavy atom. The van der Waals surface area contributed by atoms with Gasteiger partial charge in [-0.3, -0.25) is 10.4 Å². The third-order valence-electron chi connectivity index (χ3n) is 3.51. The second-order valence-electron chi connectivity index (χ2n) is 5.24. The molecular weight excluding hydrogens is 298 g/mol. The summed E-state index contributed by atoms with van der Waals surface area (Å²) in [7, 11) is 0. The van der Waals surface area contributed by atoms with Crippen LogP contribution in [0.3, 0.4) is 0 Å². The molecule has 0 aliphatic rings. The van der Waals surface area contributed by atoms with Crippen LogP contribution in [-0.2, 0) is 6.54 Å². The molecule has 23 heavy (non-hydrogen) atoms. The Morgan fingerprint density at radius 3 is 2.61 bits per heavy atom. The average molecular weight is 314 g/mol. The highest BCUT2D eigenvalue weighted by Gasteiger charge is 2.18. The minimum atomic E-state index is -0.465. The van der Waals surface area contributed by atoms with Crippen LogP contribution in [0.5, 0.6) is 0 Å². The highest BCUT2D eigenvalue weighted by atomic mass is 19.1. The number of aromatic nitrogens is 3. The van der Waals surface area contributed by atoms with Gasteiger partial charge in [0.25, 0.3) is 0 Å². The SMILES string of the molecule is Cc1nc([C@@H](NCc2cc(F)ccc2F)c2ccccc2)n[nH]1. The molecule has 4 nitrogen and oxygen atoms in total. The summed E-state index contributed by atoms with van der Waals surface area (Å²) in [5.41, 5.74) is 1.21. The number of benzene rings is 2. The number of aryl methyl sites for hydroxylation is 1. The van der Waals surface area contributed by atoms with Crippen molar-refractivity contribution < 1.29 is 8.78 Å². The molecule has 0 bridgehead atoms. The fraction of sp³-hybridized carbons (Fsp3) is 0.176. The molecule has 0 fully saturated rings. The molecule has 0 radical (unpaired) electrons. The molecule has 0 saturated heterocycles. The maximum atomic E-state index is 13.8. The topological polar surface area (TPSA) is 53.6 Å². The van der Waals surface area contributed by atoms with Crippen molar-refractivity contribution in [2.45, 2.75) is 19.5 Å². The fourth-order valence-electron chi connectivity index (χ4n) is 2.38. The quantitative estimate of drug-likeness (QED) is 0.760. The van der Waals surface area contributed by atoms with Crippen molar-refractivity contribution in [2.75, 3.05) is 0 Å². The zero-order valence-corrected chi connectivity index (χ0v) is 12.6.